The molecule has 0 aliphatic carbocycles. The van der Waals surface area contributed by atoms with Crippen LogP contribution in [0.5, 0.6) is 0 Å². The average Bonchev–Trinajstić information content (AvgIpc) is 2.66. The number of aryl methyl sites for hydroxylation is 1. The van der Waals surface area contributed by atoms with Gasteiger partial charge in [0.2, 0.25) is 5.91 Å². The van der Waals surface area contributed by atoms with Crippen LogP contribution in [-0.2, 0) is 11.2 Å². The highest BCUT2D eigenvalue weighted by Crippen LogP contribution is 2.06. The standard InChI is InChI=1S/C11H18N4O/c1-3-5-9-7-10(15-14-9)13-11(16)8-12-6-4-2/h4,7,12H,2-3,5-6,8H2,1H3,(H2,13,14,15,16). The van der Waals surface area contributed by atoms with Crippen molar-refractivity contribution in [2.24, 2.45) is 0 Å². The van der Waals surface area contributed by atoms with Gasteiger partial charge in [0.1, 0.15) is 0 Å². The minimum atomic E-state index is -0.101. The molecule has 1 aromatic heterocycles. The minimum absolute atomic E-state index is 0.101. The van der Waals surface area contributed by atoms with E-state index in [9.17, 15) is 4.79 Å². The van der Waals surface area contributed by atoms with E-state index in [1.807, 2.05) is 6.07 Å². The molecule has 0 aromatic carbocycles. The molecule has 88 valence electrons. The number of nitrogens with zero attached hydrogens (tertiary/aromatic N) is 1. The van der Waals surface area contributed by atoms with E-state index < -0.39 is 0 Å². The van der Waals surface area contributed by atoms with Gasteiger partial charge in [0, 0.05) is 18.3 Å². The van der Waals surface area contributed by atoms with Crippen LogP contribution in [0.1, 0.15) is 19.0 Å². The van der Waals surface area contributed by atoms with Crippen LogP contribution in [0, 0.1) is 0 Å². The number of carbonyl (C=O) groups excluding carboxylic acids is 1. The van der Waals surface area contributed by atoms with Crippen molar-refractivity contribution in [1.82, 2.24) is 15.5 Å². The van der Waals surface area contributed by atoms with Crippen molar-refractivity contribution >= 4 is 11.7 Å². The van der Waals surface area contributed by atoms with Gasteiger partial charge in [0.15, 0.2) is 5.82 Å². The topological polar surface area (TPSA) is 69.8 Å². The molecule has 5 heteroatoms. The number of aromatic nitrogens is 2. The zero-order valence-electron chi connectivity index (χ0n) is 9.55. The molecule has 0 spiro atoms. The molecule has 0 radical (unpaired) electrons. The van der Waals surface area contributed by atoms with Gasteiger partial charge in [-0.25, -0.2) is 0 Å². The third-order valence-electron chi connectivity index (χ3n) is 1.99. The van der Waals surface area contributed by atoms with Crippen LogP contribution in [0.4, 0.5) is 5.82 Å². The highest BCUT2D eigenvalue weighted by atomic mass is 16.2. The van der Waals surface area contributed by atoms with E-state index >= 15 is 0 Å². The Balaban J connectivity index is 2.34. The predicted molar refractivity (Wildman–Crippen MR) is 64.3 cm³/mol. The number of anilines is 1. The highest BCUT2D eigenvalue weighted by Gasteiger charge is 2.04. The van der Waals surface area contributed by atoms with Crippen LogP contribution in [0.25, 0.3) is 0 Å². The smallest absolute Gasteiger partial charge is 0.239 e. The molecular formula is C11H18N4O. The Bertz CT molecular complexity index is 346. The van der Waals surface area contributed by atoms with Crippen LogP contribution in [0.2, 0.25) is 0 Å². The first-order valence-corrected chi connectivity index (χ1v) is 5.42. The van der Waals surface area contributed by atoms with Gasteiger partial charge in [-0.05, 0) is 6.42 Å². The lowest BCUT2D eigenvalue weighted by molar-refractivity contribution is -0.115. The van der Waals surface area contributed by atoms with E-state index in [4.69, 9.17) is 0 Å². The van der Waals surface area contributed by atoms with E-state index in [-0.39, 0.29) is 12.5 Å². The van der Waals surface area contributed by atoms with E-state index in [0.29, 0.717) is 12.4 Å². The Morgan fingerprint density at radius 1 is 1.69 bits per heavy atom. The summed E-state index contributed by atoms with van der Waals surface area (Å²) in [7, 11) is 0. The van der Waals surface area contributed by atoms with Crippen molar-refractivity contribution in [2.75, 3.05) is 18.4 Å². The fraction of sp³-hybridized carbons (Fsp3) is 0.455. The molecule has 1 aromatic rings. The quantitative estimate of drug-likeness (QED) is 0.477. The van der Waals surface area contributed by atoms with Crippen molar-refractivity contribution < 1.29 is 4.79 Å². The Hall–Kier alpha value is -1.62. The van der Waals surface area contributed by atoms with E-state index in [0.717, 1.165) is 18.5 Å². The Morgan fingerprint density at radius 2 is 2.50 bits per heavy atom. The molecular weight excluding hydrogens is 204 g/mol. The minimum Gasteiger partial charge on any atom is -0.308 e. The second-order valence-electron chi connectivity index (χ2n) is 3.50. The molecule has 16 heavy (non-hydrogen) atoms. The van der Waals surface area contributed by atoms with E-state index in [2.05, 4.69) is 34.3 Å². The fourth-order valence-electron chi connectivity index (χ4n) is 1.30. The summed E-state index contributed by atoms with van der Waals surface area (Å²) < 4.78 is 0. The molecule has 3 N–H and O–H groups in total. The number of rotatable bonds is 7. The largest absolute Gasteiger partial charge is 0.308 e. The van der Waals surface area contributed by atoms with Crippen LogP contribution >= 0.6 is 0 Å². The van der Waals surface area contributed by atoms with Gasteiger partial charge < -0.3 is 10.6 Å². The summed E-state index contributed by atoms with van der Waals surface area (Å²) >= 11 is 0. The third-order valence-corrected chi connectivity index (χ3v) is 1.99. The molecule has 1 heterocycles. The molecule has 1 rings (SSSR count). The van der Waals surface area contributed by atoms with Crippen molar-refractivity contribution in [2.45, 2.75) is 19.8 Å². The summed E-state index contributed by atoms with van der Waals surface area (Å²) in [4.78, 5) is 11.4. The molecule has 5 nitrogen and oxygen atoms in total. The number of aromatic amines is 1. The van der Waals surface area contributed by atoms with Crippen molar-refractivity contribution in [1.29, 1.82) is 0 Å². The van der Waals surface area contributed by atoms with Gasteiger partial charge in [-0.15, -0.1) is 6.58 Å². The molecule has 0 aliphatic rings. The number of H-pyrrole nitrogens is 1. The maximum atomic E-state index is 11.4. The molecule has 0 fully saturated rings. The zero-order valence-corrected chi connectivity index (χ0v) is 9.55. The lowest BCUT2D eigenvalue weighted by Gasteiger charge is -2.01. The van der Waals surface area contributed by atoms with Gasteiger partial charge in [0.25, 0.3) is 0 Å². The van der Waals surface area contributed by atoms with Crippen LogP contribution in [0.15, 0.2) is 18.7 Å². The summed E-state index contributed by atoms with van der Waals surface area (Å²) in [6, 6.07) is 1.86. The lowest BCUT2D eigenvalue weighted by atomic mass is 10.2. The first-order chi connectivity index (χ1) is 7.76. The van der Waals surface area contributed by atoms with Crippen LogP contribution in [0.3, 0.4) is 0 Å². The maximum Gasteiger partial charge on any atom is 0.239 e. The second kappa shape index (κ2) is 6.79. The molecule has 0 atom stereocenters. The van der Waals surface area contributed by atoms with Gasteiger partial charge in [0.05, 0.1) is 6.54 Å². The molecule has 1 amide bonds. The number of carbonyl (C=O) groups is 1. The summed E-state index contributed by atoms with van der Waals surface area (Å²) in [5, 5.41) is 12.5. The molecule has 0 saturated carbocycles. The third kappa shape index (κ3) is 4.27. The summed E-state index contributed by atoms with van der Waals surface area (Å²) in [5.74, 6) is 0.477. The van der Waals surface area contributed by atoms with E-state index in [1.54, 1.807) is 6.08 Å². The molecule has 0 bridgehead atoms. The SMILES string of the molecule is C=CCNCC(=O)Nc1cc(CCC)[nH]n1. The van der Waals surface area contributed by atoms with Gasteiger partial charge in [-0.1, -0.05) is 19.4 Å². The van der Waals surface area contributed by atoms with Gasteiger partial charge >= 0.3 is 0 Å². The highest BCUT2D eigenvalue weighted by molar-refractivity contribution is 5.91. The second-order valence-corrected chi connectivity index (χ2v) is 3.50. The van der Waals surface area contributed by atoms with Crippen molar-refractivity contribution in [3.05, 3.63) is 24.4 Å². The number of hydrogen-bond acceptors (Lipinski definition) is 3. The Kier molecular flexibility index (Phi) is 5.28. The lowest BCUT2D eigenvalue weighted by Crippen LogP contribution is -2.28. The summed E-state index contributed by atoms with van der Waals surface area (Å²) in [5.41, 5.74) is 1.04. The first kappa shape index (κ1) is 12.4. The van der Waals surface area contributed by atoms with E-state index in [1.165, 1.54) is 0 Å². The Labute approximate surface area is 95.3 Å². The first-order valence-electron chi connectivity index (χ1n) is 5.42. The monoisotopic (exact) mass is 222 g/mol. The predicted octanol–water partition coefficient (Wildman–Crippen LogP) is 1.08. The van der Waals surface area contributed by atoms with Crippen LogP contribution < -0.4 is 10.6 Å². The van der Waals surface area contributed by atoms with Gasteiger partial charge in [-0.3, -0.25) is 9.89 Å². The van der Waals surface area contributed by atoms with Crippen molar-refractivity contribution in [3.8, 4) is 0 Å². The molecule has 0 unspecified atom stereocenters. The summed E-state index contributed by atoms with van der Waals surface area (Å²) in [6.45, 7) is 6.54. The van der Waals surface area contributed by atoms with Crippen LogP contribution in [-0.4, -0.2) is 29.2 Å². The number of nitrogens with one attached hydrogen (secondary N) is 3. The zero-order chi connectivity index (χ0) is 11.8. The van der Waals surface area contributed by atoms with Crippen molar-refractivity contribution in [3.63, 3.8) is 0 Å². The molecule has 0 aliphatic heterocycles. The Morgan fingerprint density at radius 3 is 3.19 bits per heavy atom. The normalized spacial score (nSPS) is 10.1. The molecule has 0 saturated heterocycles. The van der Waals surface area contributed by atoms with Gasteiger partial charge in [-0.2, -0.15) is 5.10 Å². The number of amides is 1. The fourth-order valence-corrected chi connectivity index (χ4v) is 1.30. The summed E-state index contributed by atoms with van der Waals surface area (Å²) in [6.07, 6.45) is 3.70. The number of hydrogen-bond donors (Lipinski definition) is 3. The average molecular weight is 222 g/mol. The maximum absolute atomic E-state index is 11.4.